The van der Waals surface area contributed by atoms with Crippen LogP contribution in [-0.2, 0) is 7.05 Å². The lowest BCUT2D eigenvalue weighted by Gasteiger charge is -1.97. The predicted molar refractivity (Wildman–Crippen MR) is 52.4 cm³/mol. The topological polar surface area (TPSA) is 43.8 Å². The summed E-state index contributed by atoms with van der Waals surface area (Å²) in [7, 11) is 1.97. The van der Waals surface area contributed by atoms with Gasteiger partial charge in [0.2, 0.25) is 0 Å². The zero-order valence-electron chi connectivity index (χ0n) is 8.70. The zero-order chi connectivity index (χ0) is 9.80. The number of hydrogen-bond acceptors (Lipinski definition) is 2. The molecule has 0 saturated heterocycles. The minimum absolute atomic E-state index is 0.237. The van der Waals surface area contributed by atoms with E-state index in [0.717, 1.165) is 5.69 Å². The summed E-state index contributed by atoms with van der Waals surface area (Å²) in [5, 5.41) is 4.45. The van der Waals surface area contributed by atoms with Gasteiger partial charge >= 0.3 is 0 Å². The summed E-state index contributed by atoms with van der Waals surface area (Å²) in [4.78, 5) is 0. The predicted octanol–water partition coefficient (Wildman–Crippen LogP) is 1.18. The second-order valence-corrected chi connectivity index (χ2v) is 4.66. The Hall–Kier alpha value is -0.830. The lowest BCUT2D eigenvalue weighted by atomic mass is 10.1. The van der Waals surface area contributed by atoms with Crippen LogP contribution in [0, 0.1) is 12.3 Å². The lowest BCUT2D eigenvalue weighted by Crippen LogP contribution is -2.06. The molecule has 1 heterocycles. The number of aromatic nitrogens is 2. The maximum atomic E-state index is 5.99. The highest BCUT2D eigenvalue weighted by Crippen LogP contribution is 2.56. The third-order valence-electron chi connectivity index (χ3n) is 3.36. The van der Waals surface area contributed by atoms with Crippen LogP contribution in [0.15, 0.2) is 6.07 Å². The fraction of sp³-hybridized carbons (Fsp3) is 0.700. The lowest BCUT2D eigenvalue weighted by molar-refractivity contribution is 0.591. The number of nitrogens with two attached hydrogens (primary N) is 1. The van der Waals surface area contributed by atoms with Crippen molar-refractivity contribution < 1.29 is 0 Å². The van der Waals surface area contributed by atoms with E-state index in [1.54, 1.807) is 0 Å². The maximum Gasteiger partial charge on any atom is 0.0679 e. The van der Waals surface area contributed by atoms with Gasteiger partial charge in [0.05, 0.1) is 5.69 Å². The first-order valence-corrected chi connectivity index (χ1v) is 4.70. The third-order valence-corrected chi connectivity index (χ3v) is 3.36. The van der Waals surface area contributed by atoms with Gasteiger partial charge in [-0.2, -0.15) is 5.10 Å². The molecule has 0 aliphatic heterocycles. The summed E-state index contributed by atoms with van der Waals surface area (Å²) < 4.78 is 1.91. The Balaban J connectivity index is 2.29. The summed E-state index contributed by atoms with van der Waals surface area (Å²) in [6.07, 6.45) is 0. The van der Waals surface area contributed by atoms with E-state index in [1.165, 1.54) is 5.69 Å². The molecule has 1 aromatic heterocycles. The quantitative estimate of drug-likeness (QED) is 0.703. The van der Waals surface area contributed by atoms with Crippen molar-refractivity contribution in [3.63, 3.8) is 0 Å². The Morgan fingerprint density at radius 1 is 1.54 bits per heavy atom. The normalized spacial score (nSPS) is 30.5. The highest BCUT2D eigenvalue weighted by molar-refractivity contribution is 5.29. The molecule has 3 nitrogen and oxygen atoms in total. The summed E-state index contributed by atoms with van der Waals surface area (Å²) >= 11 is 0. The molecule has 0 aromatic carbocycles. The molecule has 2 rings (SSSR count). The monoisotopic (exact) mass is 179 g/mol. The molecular weight excluding hydrogens is 162 g/mol. The van der Waals surface area contributed by atoms with E-state index in [4.69, 9.17) is 5.73 Å². The highest BCUT2D eigenvalue weighted by Gasteiger charge is 2.57. The molecule has 2 N–H and O–H groups in total. The molecule has 1 aliphatic rings. The SMILES string of the molecule is Cc1cc([C@H]2[C@H](N)C2(C)C)nn1C. The first-order valence-electron chi connectivity index (χ1n) is 4.70. The average Bonchev–Trinajstić information content (AvgIpc) is 2.34. The fourth-order valence-electron chi connectivity index (χ4n) is 1.98. The molecule has 3 heteroatoms. The molecule has 0 unspecified atom stereocenters. The van der Waals surface area contributed by atoms with Gasteiger partial charge < -0.3 is 5.73 Å². The van der Waals surface area contributed by atoms with Crippen LogP contribution in [0.25, 0.3) is 0 Å². The van der Waals surface area contributed by atoms with E-state index in [0.29, 0.717) is 5.92 Å². The van der Waals surface area contributed by atoms with Crippen LogP contribution in [0.2, 0.25) is 0 Å². The maximum absolute atomic E-state index is 5.99. The van der Waals surface area contributed by atoms with Crippen LogP contribution >= 0.6 is 0 Å². The van der Waals surface area contributed by atoms with E-state index in [9.17, 15) is 0 Å². The standard InChI is InChI=1S/C10H17N3/c1-6-5-7(12-13(6)4)8-9(11)10(8,2)3/h5,8-9H,11H2,1-4H3/t8-,9-/m0/s1. The average molecular weight is 179 g/mol. The van der Waals surface area contributed by atoms with Gasteiger partial charge in [-0.15, -0.1) is 0 Å². The van der Waals surface area contributed by atoms with Crippen LogP contribution in [0.5, 0.6) is 0 Å². The molecule has 1 saturated carbocycles. The Morgan fingerprint density at radius 3 is 2.38 bits per heavy atom. The second-order valence-electron chi connectivity index (χ2n) is 4.66. The fourth-order valence-corrected chi connectivity index (χ4v) is 1.98. The van der Waals surface area contributed by atoms with Crippen molar-refractivity contribution >= 4 is 0 Å². The number of nitrogens with zero attached hydrogens (tertiary/aromatic N) is 2. The first-order chi connectivity index (χ1) is 5.94. The van der Waals surface area contributed by atoms with Gasteiger partial charge in [0, 0.05) is 24.7 Å². The molecule has 13 heavy (non-hydrogen) atoms. The van der Waals surface area contributed by atoms with Crippen LogP contribution in [-0.4, -0.2) is 15.8 Å². The molecule has 0 spiro atoms. The molecular formula is C10H17N3. The second kappa shape index (κ2) is 2.35. The van der Waals surface area contributed by atoms with Crippen LogP contribution in [0.1, 0.15) is 31.2 Å². The number of aryl methyl sites for hydroxylation is 2. The van der Waals surface area contributed by atoms with E-state index < -0.39 is 0 Å². The number of rotatable bonds is 1. The first kappa shape index (κ1) is 8.75. The van der Waals surface area contributed by atoms with Gasteiger partial charge in [0.1, 0.15) is 0 Å². The summed E-state index contributed by atoms with van der Waals surface area (Å²) in [6, 6.07) is 2.42. The van der Waals surface area contributed by atoms with Gasteiger partial charge in [-0.05, 0) is 18.4 Å². The molecule has 0 amide bonds. The third kappa shape index (κ3) is 1.10. The zero-order valence-corrected chi connectivity index (χ0v) is 8.70. The Bertz CT molecular complexity index is 318. The van der Waals surface area contributed by atoms with Crippen molar-refractivity contribution in [3.05, 3.63) is 17.5 Å². The van der Waals surface area contributed by atoms with Gasteiger partial charge in [0.25, 0.3) is 0 Å². The molecule has 0 radical (unpaired) electrons. The smallest absolute Gasteiger partial charge is 0.0679 e. The molecule has 1 aromatic rings. The van der Waals surface area contributed by atoms with Crippen LogP contribution < -0.4 is 5.73 Å². The van der Waals surface area contributed by atoms with Gasteiger partial charge in [0.15, 0.2) is 0 Å². The van der Waals surface area contributed by atoms with Crippen LogP contribution in [0.4, 0.5) is 0 Å². The largest absolute Gasteiger partial charge is 0.327 e. The minimum atomic E-state index is 0.237. The van der Waals surface area contributed by atoms with Gasteiger partial charge in [-0.1, -0.05) is 13.8 Å². The number of hydrogen-bond donors (Lipinski definition) is 1. The molecule has 72 valence electrons. The van der Waals surface area contributed by atoms with Gasteiger partial charge in [-0.3, -0.25) is 4.68 Å². The highest BCUT2D eigenvalue weighted by atomic mass is 15.3. The van der Waals surface area contributed by atoms with Crippen molar-refractivity contribution in [2.75, 3.05) is 0 Å². The van der Waals surface area contributed by atoms with Crippen LogP contribution in [0.3, 0.4) is 0 Å². The summed E-state index contributed by atoms with van der Waals surface area (Å²) in [6.45, 7) is 6.47. The Labute approximate surface area is 78.9 Å². The Kier molecular flexibility index (Phi) is 1.58. The minimum Gasteiger partial charge on any atom is -0.327 e. The van der Waals surface area contributed by atoms with Crippen molar-refractivity contribution in [1.29, 1.82) is 0 Å². The van der Waals surface area contributed by atoms with E-state index in [1.807, 2.05) is 11.7 Å². The molecule has 0 bridgehead atoms. The Morgan fingerprint density at radius 2 is 2.08 bits per heavy atom. The van der Waals surface area contributed by atoms with E-state index in [-0.39, 0.29) is 11.5 Å². The van der Waals surface area contributed by atoms with E-state index in [2.05, 4.69) is 31.9 Å². The van der Waals surface area contributed by atoms with Crippen molar-refractivity contribution in [3.8, 4) is 0 Å². The molecule has 2 atom stereocenters. The molecule has 1 fully saturated rings. The van der Waals surface area contributed by atoms with Crippen molar-refractivity contribution in [2.45, 2.75) is 32.7 Å². The molecule has 1 aliphatic carbocycles. The van der Waals surface area contributed by atoms with E-state index >= 15 is 0 Å². The summed E-state index contributed by atoms with van der Waals surface area (Å²) in [5.74, 6) is 0.451. The van der Waals surface area contributed by atoms with Crippen molar-refractivity contribution in [1.82, 2.24) is 9.78 Å². The van der Waals surface area contributed by atoms with Gasteiger partial charge in [-0.25, -0.2) is 0 Å². The summed E-state index contributed by atoms with van der Waals surface area (Å²) in [5.41, 5.74) is 8.57. The van der Waals surface area contributed by atoms with Crippen molar-refractivity contribution in [2.24, 2.45) is 18.2 Å².